The monoisotopic (exact) mass is 195 g/mol. The van der Waals surface area contributed by atoms with Gasteiger partial charge in [0.05, 0.1) is 23.4 Å². The number of rotatable bonds is 3. The van der Waals surface area contributed by atoms with Crippen molar-refractivity contribution < 1.29 is 9.53 Å². The number of carbonyl (C=O) groups excluding carboxylic acids is 1. The molecular weight excluding hydrogens is 182 g/mol. The fourth-order valence-electron chi connectivity index (χ4n) is 1.39. The maximum Gasteiger partial charge on any atom is 0.254 e. The molecule has 1 fully saturated rings. The van der Waals surface area contributed by atoms with Crippen molar-refractivity contribution in [3.63, 3.8) is 0 Å². The lowest BCUT2D eigenvalue weighted by atomic mass is 10.3. The first-order valence-electron chi connectivity index (χ1n) is 4.50. The Labute approximate surface area is 81.8 Å². The molecule has 1 heterocycles. The van der Waals surface area contributed by atoms with Gasteiger partial charge < -0.3 is 10.1 Å². The lowest BCUT2D eigenvalue weighted by Gasteiger charge is -2.08. The van der Waals surface area contributed by atoms with Gasteiger partial charge >= 0.3 is 0 Å². The molecule has 1 saturated carbocycles. The van der Waals surface area contributed by atoms with E-state index >= 15 is 0 Å². The second kappa shape index (κ2) is 3.09. The molecule has 1 aromatic heterocycles. The molecule has 2 rings (SSSR count). The van der Waals surface area contributed by atoms with E-state index in [1.165, 1.54) is 6.20 Å². The molecule has 5 heteroatoms. The molecule has 1 amide bonds. The van der Waals surface area contributed by atoms with Crippen LogP contribution in [0.25, 0.3) is 0 Å². The third-order valence-corrected chi connectivity index (χ3v) is 2.72. The highest BCUT2D eigenvalue weighted by Crippen LogP contribution is 2.38. The highest BCUT2D eigenvalue weighted by molar-refractivity contribution is 5.94. The third kappa shape index (κ3) is 1.50. The van der Waals surface area contributed by atoms with Crippen LogP contribution >= 0.6 is 0 Å². The Morgan fingerprint density at radius 2 is 2.64 bits per heavy atom. The molecule has 1 aromatic rings. The average molecular weight is 195 g/mol. The standard InChI is InChI=1S/C9H13N3O2/c1-9(14-2)3-7(9)12-8(13)6-4-10-11-5-6/h4-5,7H,3H2,1-2H3,(H,10,11)(H,12,13)/t7-,9+/m1/s1. The van der Waals surface area contributed by atoms with Gasteiger partial charge in [-0.2, -0.15) is 5.10 Å². The molecule has 0 spiro atoms. The van der Waals surface area contributed by atoms with Gasteiger partial charge in [-0.1, -0.05) is 0 Å². The smallest absolute Gasteiger partial charge is 0.254 e. The second-order valence-electron chi connectivity index (χ2n) is 3.73. The molecular formula is C9H13N3O2. The summed E-state index contributed by atoms with van der Waals surface area (Å²) in [5.41, 5.74) is 0.370. The summed E-state index contributed by atoms with van der Waals surface area (Å²) >= 11 is 0. The van der Waals surface area contributed by atoms with E-state index in [0.717, 1.165) is 6.42 Å². The van der Waals surface area contributed by atoms with Crippen LogP contribution in [-0.4, -0.2) is 34.9 Å². The first-order valence-corrected chi connectivity index (χ1v) is 4.50. The minimum atomic E-state index is -0.181. The Kier molecular flexibility index (Phi) is 2.03. The van der Waals surface area contributed by atoms with Gasteiger partial charge in [0.1, 0.15) is 0 Å². The molecule has 2 atom stereocenters. The van der Waals surface area contributed by atoms with E-state index in [1.807, 2.05) is 6.92 Å². The summed E-state index contributed by atoms with van der Waals surface area (Å²) in [5.74, 6) is -0.107. The van der Waals surface area contributed by atoms with Gasteiger partial charge in [-0.15, -0.1) is 0 Å². The summed E-state index contributed by atoms with van der Waals surface area (Å²) in [6.45, 7) is 1.98. The van der Waals surface area contributed by atoms with Gasteiger partial charge in [0.2, 0.25) is 0 Å². The van der Waals surface area contributed by atoms with Crippen LogP contribution in [0.15, 0.2) is 12.4 Å². The summed E-state index contributed by atoms with van der Waals surface area (Å²) in [6, 6.07) is 0.120. The first-order chi connectivity index (χ1) is 6.65. The van der Waals surface area contributed by atoms with Crippen LogP contribution in [0.4, 0.5) is 0 Å². The fourth-order valence-corrected chi connectivity index (χ4v) is 1.39. The molecule has 0 bridgehead atoms. The van der Waals surface area contributed by atoms with E-state index in [1.54, 1.807) is 13.3 Å². The van der Waals surface area contributed by atoms with E-state index in [4.69, 9.17) is 4.74 Å². The Bertz CT molecular complexity index is 336. The van der Waals surface area contributed by atoms with E-state index in [0.29, 0.717) is 5.56 Å². The van der Waals surface area contributed by atoms with Crippen molar-refractivity contribution in [1.29, 1.82) is 0 Å². The Morgan fingerprint density at radius 1 is 1.86 bits per heavy atom. The molecule has 0 unspecified atom stereocenters. The largest absolute Gasteiger partial charge is 0.376 e. The van der Waals surface area contributed by atoms with Crippen LogP contribution in [0.5, 0.6) is 0 Å². The number of nitrogens with one attached hydrogen (secondary N) is 2. The molecule has 14 heavy (non-hydrogen) atoms. The van der Waals surface area contributed by atoms with Gasteiger partial charge in [-0.05, 0) is 6.92 Å². The van der Waals surface area contributed by atoms with Crippen molar-refractivity contribution in [2.75, 3.05) is 7.11 Å². The SMILES string of the molecule is CO[C@@]1(C)C[C@H]1NC(=O)c1cn[nH]c1. The van der Waals surface area contributed by atoms with Crippen molar-refractivity contribution in [1.82, 2.24) is 15.5 Å². The minimum Gasteiger partial charge on any atom is -0.376 e. The van der Waals surface area contributed by atoms with E-state index in [2.05, 4.69) is 15.5 Å². The Balaban J connectivity index is 1.92. The number of H-pyrrole nitrogens is 1. The maximum absolute atomic E-state index is 11.5. The van der Waals surface area contributed by atoms with E-state index in [-0.39, 0.29) is 17.6 Å². The molecule has 1 aliphatic carbocycles. The molecule has 0 aromatic carbocycles. The van der Waals surface area contributed by atoms with Gasteiger partial charge in [0.25, 0.3) is 5.91 Å². The zero-order valence-electron chi connectivity index (χ0n) is 8.20. The van der Waals surface area contributed by atoms with Crippen LogP contribution in [-0.2, 0) is 4.74 Å². The number of carbonyl (C=O) groups is 1. The molecule has 1 aliphatic rings. The van der Waals surface area contributed by atoms with E-state index in [9.17, 15) is 4.79 Å². The molecule has 0 aliphatic heterocycles. The number of methoxy groups -OCH3 is 1. The number of hydrogen-bond donors (Lipinski definition) is 2. The topological polar surface area (TPSA) is 67.0 Å². The molecule has 5 nitrogen and oxygen atoms in total. The number of amides is 1. The Morgan fingerprint density at radius 3 is 3.14 bits per heavy atom. The fraction of sp³-hybridized carbons (Fsp3) is 0.556. The van der Waals surface area contributed by atoms with Gasteiger partial charge in [0, 0.05) is 19.7 Å². The summed E-state index contributed by atoms with van der Waals surface area (Å²) in [4.78, 5) is 11.5. The van der Waals surface area contributed by atoms with Crippen LogP contribution in [0.3, 0.4) is 0 Å². The van der Waals surface area contributed by atoms with Crippen LogP contribution in [0.1, 0.15) is 23.7 Å². The average Bonchev–Trinajstić information content (AvgIpc) is 2.67. The van der Waals surface area contributed by atoms with Gasteiger partial charge in [-0.25, -0.2) is 0 Å². The highest BCUT2D eigenvalue weighted by Gasteiger charge is 2.51. The number of hydrogen-bond acceptors (Lipinski definition) is 3. The molecule has 0 saturated heterocycles. The van der Waals surface area contributed by atoms with Crippen molar-refractivity contribution in [2.45, 2.75) is 25.0 Å². The highest BCUT2D eigenvalue weighted by atomic mass is 16.5. The second-order valence-corrected chi connectivity index (χ2v) is 3.73. The van der Waals surface area contributed by atoms with Crippen LogP contribution < -0.4 is 5.32 Å². The number of nitrogens with zero attached hydrogens (tertiary/aromatic N) is 1. The first kappa shape index (κ1) is 9.21. The zero-order valence-corrected chi connectivity index (χ0v) is 8.20. The number of aromatic nitrogens is 2. The van der Waals surface area contributed by atoms with Crippen molar-refractivity contribution in [3.8, 4) is 0 Å². The lowest BCUT2D eigenvalue weighted by molar-refractivity contribution is 0.0787. The van der Waals surface area contributed by atoms with Crippen LogP contribution in [0.2, 0.25) is 0 Å². The minimum absolute atomic E-state index is 0.107. The van der Waals surface area contributed by atoms with Crippen molar-refractivity contribution >= 4 is 5.91 Å². The van der Waals surface area contributed by atoms with E-state index < -0.39 is 0 Å². The predicted octanol–water partition coefficient (Wildman–Crippen LogP) is 0.317. The molecule has 2 N–H and O–H groups in total. The lowest BCUT2D eigenvalue weighted by Crippen LogP contribution is -2.31. The number of aromatic amines is 1. The van der Waals surface area contributed by atoms with Gasteiger partial charge in [-0.3, -0.25) is 9.89 Å². The van der Waals surface area contributed by atoms with Crippen molar-refractivity contribution in [2.24, 2.45) is 0 Å². The van der Waals surface area contributed by atoms with Gasteiger partial charge in [0.15, 0.2) is 0 Å². The number of ether oxygens (including phenoxy) is 1. The molecule has 0 radical (unpaired) electrons. The maximum atomic E-state index is 11.5. The summed E-state index contributed by atoms with van der Waals surface area (Å²) in [6.07, 6.45) is 3.94. The van der Waals surface area contributed by atoms with Crippen LogP contribution in [0, 0.1) is 0 Å². The quantitative estimate of drug-likeness (QED) is 0.729. The molecule has 76 valence electrons. The normalized spacial score (nSPS) is 30.0. The third-order valence-electron chi connectivity index (χ3n) is 2.72. The summed E-state index contributed by atoms with van der Waals surface area (Å²) < 4.78 is 5.24. The summed E-state index contributed by atoms with van der Waals surface area (Å²) in [7, 11) is 1.66. The Hall–Kier alpha value is -1.36. The predicted molar refractivity (Wildman–Crippen MR) is 49.9 cm³/mol. The zero-order chi connectivity index (χ0) is 10.2. The summed E-state index contributed by atoms with van der Waals surface area (Å²) in [5, 5.41) is 9.18. The van der Waals surface area contributed by atoms with Crippen molar-refractivity contribution in [3.05, 3.63) is 18.0 Å².